The molecule has 2 saturated carbocycles. The van der Waals surface area contributed by atoms with Gasteiger partial charge in [0.2, 0.25) is 5.91 Å². The van der Waals surface area contributed by atoms with E-state index in [0.29, 0.717) is 35.4 Å². The van der Waals surface area contributed by atoms with Crippen LogP contribution in [-0.4, -0.2) is 101 Å². The highest BCUT2D eigenvalue weighted by Gasteiger charge is 2.56. The summed E-state index contributed by atoms with van der Waals surface area (Å²) >= 11 is 0. The molecule has 6 heterocycles. The molecule has 2 aliphatic carbocycles. The van der Waals surface area contributed by atoms with Gasteiger partial charge in [-0.3, -0.25) is 14.5 Å². The molecule has 0 unspecified atom stereocenters. The molecule has 2 N–H and O–H groups in total. The van der Waals surface area contributed by atoms with Gasteiger partial charge in [-0.05, 0) is 120 Å². The van der Waals surface area contributed by atoms with E-state index in [-0.39, 0.29) is 11.9 Å². The lowest BCUT2D eigenvalue weighted by Gasteiger charge is -2.48. The number of pyridine rings is 1. The first-order chi connectivity index (χ1) is 25.9. The predicted molar refractivity (Wildman–Crippen MR) is 206 cm³/mol. The monoisotopic (exact) mass is 714 g/mol. The molecule has 2 amide bonds. The molecular weight excluding hydrogens is 665 g/mol. The summed E-state index contributed by atoms with van der Waals surface area (Å²) in [6, 6.07) is 16.3. The van der Waals surface area contributed by atoms with E-state index >= 15 is 0 Å². The lowest BCUT2D eigenvalue weighted by molar-refractivity contribution is -0.128. The number of aromatic nitrogens is 3. The molecule has 53 heavy (non-hydrogen) atoms. The van der Waals surface area contributed by atoms with Crippen molar-refractivity contribution in [2.24, 2.45) is 0 Å². The van der Waals surface area contributed by atoms with Crippen LogP contribution in [0, 0.1) is 6.92 Å². The number of rotatable bonds is 8. The van der Waals surface area contributed by atoms with Gasteiger partial charge < -0.3 is 29.7 Å². The Labute approximate surface area is 311 Å². The van der Waals surface area contributed by atoms with Gasteiger partial charge in [-0.25, -0.2) is 9.97 Å². The Kier molecular flexibility index (Phi) is 8.11. The van der Waals surface area contributed by atoms with Gasteiger partial charge in [0.15, 0.2) is 5.82 Å². The van der Waals surface area contributed by atoms with Crippen LogP contribution in [0.4, 0.5) is 17.2 Å². The van der Waals surface area contributed by atoms with Crippen LogP contribution in [0.15, 0.2) is 48.8 Å². The molecule has 3 saturated heterocycles. The Morgan fingerprint density at radius 2 is 1.66 bits per heavy atom. The third kappa shape index (κ3) is 5.57. The van der Waals surface area contributed by atoms with Crippen LogP contribution < -0.4 is 15.5 Å². The standard InChI is InChI=1S/C42H50N8O3/c1-26-6-8-28(19-33(26)40(51)43-2)45-39-38-36(44-25-49(38)29-9-10-29)22-35(46-39)27-7-11-34-37(18-27)50(31-20-30(21-31)47-14-4-3-5-15-47)41(52)42(34)12-16-48(17-13-42)32-23-53-24-32/h6-8,11,18-19,22,25,29-32H,3-5,9-10,12-17,20-21,23-24H2,1-2H3,(H,43,51)(H,45,46). The highest BCUT2D eigenvalue weighted by atomic mass is 16.5. The second-order valence-corrected chi connectivity index (χ2v) is 16.4. The van der Waals surface area contributed by atoms with Gasteiger partial charge in [-0.15, -0.1) is 0 Å². The summed E-state index contributed by atoms with van der Waals surface area (Å²) in [5.74, 6) is 0.901. The number of anilines is 3. The maximum atomic E-state index is 14.9. The van der Waals surface area contributed by atoms with Crippen LogP contribution in [-0.2, 0) is 14.9 Å². The highest BCUT2D eigenvalue weighted by molar-refractivity contribution is 6.09. The first-order valence-electron chi connectivity index (χ1n) is 19.9. The van der Waals surface area contributed by atoms with Crippen LogP contribution in [0.5, 0.6) is 0 Å². The van der Waals surface area contributed by atoms with Crippen molar-refractivity contribution >= 4 is 40.0 Å². The first kappa shape index (κ1) is 33.3. The van der Waals surface area contributed by atoms with Gasteiger partial charge >= 0.3 is 0 Å². The second kappa shape index (κ2) is 12.9. The van der Waals surface area contributed by atoms with Crippen molar-refractivity contribution in [2.75, 3.05) is 56.7 Å². The van der Waals surface area contributed by atoms with E-state index in [9.17, 15) is 9.59 Å². The molecule has 2 aromatic carbocycles. The zero-order valence-electron chi connectivity index (χ0n) is 30.9. The Morgan fingerprint density at radius 3 is 2.38 bits per heavy atom. The zero-order chi connectivity index (χ0) is 35.8. The second-order valence-electron chi connectivity index (χ2n) is 16.4. The van der Waals surface area contributed by atoms with Crippen molar-refractivity contribution in [3.05, 3.63) is 65.5 Å². The van der Waals surface area contributed by atoms with Crippen LogP contribution >= 0.6 is 0 Å². The number of carbonyl (C=O) groups excluding carboxylic acids is 2. The number of ether oxygens (including phenoxy) is 1. The van der Waals surface area contributed by atoms with Crippen LogP contribution in [0.1, 0.15) is 85.3 Å². The van der Waals surface area contributed by atoms with Gasteiger partial charge in [0.1, 0.15) is 5.52 Å². The molecule has 276 valence electrons. The van der Waals surface area contributed by atoms with Gasteiger partial charge in [-0.1, -0.05) is 24.6 Å². The zero-order valence-corrected chi connectivity index (χ0v) is 30.9. The number of benzene rings is 2. The Balaban J connectivity index is 1.02. The van der Waals surface area contributed by atoms with Gasteiger partial charge in [0.05, 0.1) is 42.2 Å². The minimum Gasteiger partial charge on any atom is -0.378 e. The molecular formula is C42H50N8O3. The molecule has 0 bridgehead atoms. The SMILES string of the molecule is CNC(=O)c1cc(Nc2nc(-c3ccc4c(c3)N(C3CC(N5CCCCC5)C3)C(=O)C43CCN(C4COC4)CC3)cc3ncn(C4CC4)c23)ccc1C. The van der Waals surface area contributed by atoms with Gasteiger partial charge in [-0.2, -0.15) is 0 Å². The normalized spacial score (nSPS) is 24.6. The lowest BCUT2D eigenvalue weighted by Crippen LogP contribution is -2.59. The predicted octanol–water partition coefficient (Wildman–Crippen LogP) is 5.94. The molecule has 4 aromatic rings. The largest absolute Gasteiger partial charge is 0.378 e. The average Bonchev–Trinajstić information content (AvgIpc) is 3.86. The summed E-state index contributed by atoms with van der Waals surface area (Å²) in [6.45, 7) is 7.78. The summed E-state index contributed by atoms with van der Waals surface area (Å²) in [6.07, 6.45) is 11.9. The Morgan fingerprint density at radius 1 is 0.887 bits per heavy atom. The number of nitrogens with one attached hydrogen (secondary N) is 2. The van der Waals surface area contributed by atoms with E-state index in [1.165, 1.54) is 37.9 Å². The maximum Gasteiger partial charge on any atom is 0.251 e. The third-order valence-corrected chi connectivity index (χ3v) is 13.3. The number of fused-ring (bicyclic) bond motifs is 3. The molecule has 11 nitrogen and oxygen atoms in total. The van der Waals surface area contributed by atoms with E-state index in [2.05, 4.69) is 54.2 Å². The van der Waals surface area contributed by atoms with E-state index in [1.807, 2.05) is 31.5 Å². The minimum absolute atomic E-state index is 0.118. The summed E-state index contributed by atoms with van der Waals surface area (Å²) in [4.78, 5) is 45.2. The Hall–Kier alpha value is -4.32. The molecule has 5 fully saturated rings. The molecule has 1 spiro atoms. The van der Waals surface area contributed by atoms with Gasteiger partial charge in [0, 0.05) is 47.7 Å². The van der Waals surface area contributed by atoms with Crippen molar-refractivity contribution in [3.8, 4) is 11.3 Å². The van der Waals surface area contributed by atoms with E-state index in [0.717, 1.165) is 104 Å². The minimum atomic E-state index is -0.480. The lowest BCUT2D eigenvalue weighted by atomic mass is 9.73. The van der Waals surface area contributed by atoms with Crippen molar-refractivity contribution in [3.63, 3.8) is 0 Å². The molecule has 4 aliphatic heterocycles. The third-order valence-electron chi connectivity index (χ3n) is 13.3. The van der Waals surface area contributed by atoms with Crippen molar-refractivity contribution in [1.29, 1.82) is 0 Å². The molecule has 0 atom stereocenters. The quantitative estimate of drug-likeness (QED) is 0.231. The number of likely N-dealkylation sites (tertiary alicyclic amines) is 2. The van der Waals surface area contributed by atoms with E-state index in [4.69, 9.17) is 14.7 Å². The number of aryl methyl sites for hydroxylation is 1. The summed E-state index contributed by atoms with van der Waals surface area (Å²) in [7, 11) is 1.66. The fourth-order valence-electron chi connectivity index (χ4n) is 9.79. The fourth-order valence-corrected chi connectivity index (χ4v) is 9.79. The molecule has 10 rings (SSSR count). The van der Waals surface area contributed by atoms with Crippen molar-refractivity contribution < 1.29 is 14.3 Å². The summed E-state index contributed by atoms with van der Waals surface area (Å²) in [5.41, 5.74) is 7.77. The number of hydrogen-bond donors (Lipinski definition) is 2. The number of hydrogen-bond acceptors (Lipinski definition) is 8. The van der Waals surface area contributed by atoms with E-state index < -0.39 is 5.41 Å². The van der Waals surface area contributed by atoms with Crippen molar-refractivity contribution in [1.82, 2.24) is 29.7 Å². The summed E-state index contributed by atoms with van der Waals surface area (Å²) in [5, 5.41) is 6.35. The highest BCUT2D eigenvalue weighted by Crippen LogP contribution is 2.52. The van der Waals surface area contributed by atoms with Crippen LogP contribution in [0.3, 0.4) is 0 Å². The molecule has 2 aromatic heterocycles. The number of nitrogens with zero attached hydrogens (tertiary/aromatic N) is 6. The van der Waals surface area contributed by atoms with E-state index in [1.54, 1.807) is 7.05 Å². The Bertz CT molecular complexity index is 2080. The number of carbonyl (C=O) groups is 2. The molecule has 0 radical (unpaired) electrons. The number of piperidine rings is 2. The fraction of sp³-hybridized carbons (Fsp3) is 0.524. The smallest absolute Gasteiger partial charge is 0.251 e. The van der Waals surface area contributed by atoms with Crippen molar-refractivity contribution in [2.45, 2.75) is 94.3 Å². The topological polar surface area (TPSA) is 108 Å². The van der Waals surface area contributed by atoms with Gasteiger partial charge in [0.25, 0.3) is 5.91 Å². The summed E-state index contributed by atoms with van der Waals surface area (Å²) < 4.78 is 7.77. The number of imidazole rings is 1. The maximum absolute atomic E-state index is 14.9. The van der Waals surface area contributed by atoms with Crippen LogP contribution in [0.25, 0.3) is 22.3 Å². The average molecular weight is 715 g/mol. The first-order valence-corrected chi connectivity index (χ1v) is 19.9. The van der Waals surface area contributed by atoms with Crippen LogP contribution in [0.2, 0.25) is 0 Å². The molecule has 6 aliphatic rings. The molecule has 11 heteroatoms. The number of amides is 2.